The summed E-state index contributed by atoms with van der Waals surface area (Å²) in [6.45, 7) is 3.34. The summed E-state index contributed by atoms with van der Waals surface area (Å²) in [5, 5.41) is 11.5. The van der Waals surface area contributed by atoms with Crippen molar-refractivity contribution in [1.29, 1.82) is 0 Å². The summed E-state index contributed by atoms with van der Waals surface area (Å²) >= 11 is 0. The van der Waals surface area contributed by atoms with E-state index < -0.39 is 0 Å². The van der Waals surface area contributed by atoms with Crippen molar-refractivity contribution in [3.63, 3.8) is 0 Å². The van der Waals surface area contributed by atoms with Crippen LogP contribution in [0.2, 0.25) is 0 Å². The number of nitrogens with one attached hydrogen (secondary N) is 2. The monoisotopic (exact) mass is 458 g/mol. The molecule has 9 heteroatoms. The zero-order valence-electron chi connectivity index (χ0n) is 18.9. The molecule has 0 aliphatic carbocycles. The Morgan fingerprint density at radius 2 is 1.79 bits per heavy atom. The minimum absolute atomic E-state index is 0.0956. The summed E-state index contributed by atoms with van der Waals surface area (Å²) in [5.74, 6) is 3.28. The third-order valence-corrected chi connectivity index (χ3v) is 5.76. The van der Waals surface area contributed by atoms with Crippen molar-refractivity contribution in [1.82, 2.24) is 25.1 Å². The van der Waals surface area contributed by atoms with Crippen LogP contribution in [-0.2, 0) is 4.79 Å². The van der Waals surface area contributed by atoms with Crippen LogP contribution in [0.5, 0.6) is 23.1 Å². The average molecular weight is 459 g/mol. The van der Waals surface area contributed by atoms with E-state index in [0.29, 0.717) is 47.2 Å². The van der Waals surface area contributed by atoms with Crippen LogP contribution in [0.15, 0.2) is 60.9 Å². The van der Waals surface area contributed by atoms with E-state index in [4.69, 9.17) is 9.47 Å². The van der Waals surface area contributed by atoms with Crippen molar-refractivity contribution in [2.75, 3.05) is 18.4 Å². The summed E-state index contributed by atoms with van der Waals surface area (Å²) < 4.78 is 11.9. The predicted molar refractivity (Wildman–Crippen MR) is 128 cm³/mol. The SMILES string of the molecule is CCC(=O)N1CCCC(Nc2n[nH]c3ncnc(Oc4ccc(Oc5ccccc5)cc4)c23)C1. The number of aromatic nitrogens is 4. The average Bonchev–Trinajstić information content (AvgIpc) is 3.29. The summed E-state index contributed by atoms with van der Waals surface area (Å²) in [6, 6.07) is 17.0. The van der Waals surface area contributed by atoms with Gasteiger partial charge in [-0.2, -0.15) is 5.10 Å². The lowest BCUT2D eigenvalue weighted by molar-refractivity contribution is -0.131. The molecule has 174 valence electrons. The van der Waals surface area contributed by atoms with Crippen molar-refractivity contribution in [2.45, 2.75) is 32.2 Å². The molecule has 34 heavy (non-hydrogen) atoms. The minimum atomic E-state index is 0.0956. The van der Waals surface area contributed by atoms with Gasteiger partial charge in [0.2, 0.25) is 11.8 Å². The normalized spacial score (nSPS) is 15.8. The molecule has 0 radical (unpaired) electrons. The second-order valence-corrected chi connectivity index (χ2v) is 8.14. The van der Waals surface area contributed by atoms with Crippen LogP contribution < -0.4 is 14.8 Å². The largest absolute Gasteiger partial charge is 0.457 e. The van der Waals surface area contributed by atoms with Gasteiger partial charge in [0, 0.05) is 25.6 Å². The number of anilines is 1. The molecular weight excluding hydrogens is 432 g/mol. The number of rotatable bonds is 7. The lowest BCUT2D eigenvalue weighted by Crippen LogP contribution is -2.45. The van der Waals surface area contributed by atoms with Crippen LogP contribution in [0.4, 0.5) is 5.82 Å². The van der Waals surface area contributed by atoms with E-state index >= 15 is 0 Å². The molecule has 3 heterocycles. The number of fused-ring (bicyclic) bond motifs is 1. The van der Waals surface area contributed by atoms with E-state index in [1.165, 1.54) is 6.33 Å². The summed E-state index contributed by atoms with van der Waals surface area (Å²) in [6.07, 6.45) is 3.85. The molecule has 1 aliphatic rings. The maximum Gasteiger partial charge on any atom is 0.235 e. The Morgan fingerprint density at radius 3 is 2.56 bits per heavy atom. The topological polar surface area (TPSA) is 105 Å². The van der Waals surface area contributed by atoms with Crippen molar-refractivity contribution < 1.29 is 14.3 Å². The number of benzene rings is 2. The molecule has 9 nitrogen and oxygen atoms in total. The standard InChI is InChI=1S/C25H26N6O3/c1-2-21(32)31-14-6-7-17(15-31)28-24-22-23(29-30-24)26-16-27-25(22)34-20-12-10-19(11-13-20)33-18-8-4-3-5-9-18/h3-5,8-13,16-17H,2,6-7,14-15H2,1H3,(H2,26,27,28,29,30). The van der Waals surface area contributed by atoms with Crippen molar-refractivity contribution in [2.24, 2.45) is 0 Å². The number of piperidine rings is 1. The van der Waals surface area contributed by atoms with Crippen molar-refractivity contribution in [3.8, 4) is 23.1 Å². The Hall–Kier alpha value is -4.14. The summed E-state index contributed by atoms with van der Waals surface area (Å²) in [5.41, 5.74) is 0.578. The number of ether oxygens (including phenoxy) is 2. The van der Waals surface area contributed by atoms with E-state index in [1.54, 1.807) is 0 Å². The highest BCUT2D eigenvalue weighted by atomic mass is 16.5. The van der Waals surface area contributed by atoms with Gasteiger partial charge >= 0.3 is 0 Å². The van der Waals surface area contributed by atoms with Gasteiger partial charge in [-0.25, -0.2) is 9.97 Å². The molecule has 2 aromatic carbocycles. The van der Waals surface area contributed by atoms with Crippen molar-refractivity contribution >= 4 is 22.8 Å². The Labute approximate surface area is 197 Å². The predicted octanol–water partition coefficient (Wildman–Crippen LogP) is 4.75. The van der Waals surface area contributed by atoms with Crippen LogP contribution in [0.25, 0.3) is 11.0 Å². The molecule has 1 atom stereocenters. The summed E-state index contributed by atoms with van der Waals surface area (Å²) in [4.78, 5) is 22.7. The van der Waals surface area contributed by atoms with E-state index in [0.717, 1.165) is 25.1 Å². The zero-order chi connectivity index (χ0) is 23.3. The van der Waals surface area contributed by atoms with Crippen LogP contribution in [-0.4, -0.2) is 50.1 Å². The fourth-order valence-electron chi connectivity index (χ4n) is 4.06. The molecule has 4 aromatic rings. The molecular formula is C25H26N6O3. The number of H-pyrrole nitrogens is 1. The molecule has 0 saturated carbocycles. The Kier molecular flexibility index (Phi) is 6.24. The van der Waals surface area contributed by atoms with Gasteiger partial charge in [0.1, 0.15) is 29.0 Å². The Bertz CT molecular complexity index is 1260. The number of carbonyl (C=O) groups excluding carboxylic acids is 1. The smallest absolute Gasteiger partial charge is 0.235 e. The molecule has 1 unspecified atom stereocenters. The van der Waals surface area contributed by atoms with Crippen LogP contribution in [0, 0.1) is 0 Å². The molecule has 1 aliphatic heterocycles. The number of nitrogens with zero attached hydrogens (tertiary/aromatic N) is 4. The number of para-hydroxylation sites is 1. The van der Waals surface area contributed by atoms with Crippen LogP contribution in [0.1, 0.15) is 26.2 Å². The quantitative estimate of drug-likeness (QED) is 0.412. The molecule has 1 fully saturated rings. The zero-order valence-corrected chi connectivity index (χ0v) is 18.9. The molecule has 2 aromatic heterocycles. The van der Waals surface area contributed by atoms with Gasteiger partial charge < -0.3 is 19.7 Å². The van der Waals surface area contributed by atoms with Crippen LogP contribution in [0.3, 0.4) is 0 Å². The maximum atomic E-state index is 12.1. The second kappa shape index (κ2) is 9.78. The van der Waals surface area contributed by atoms with Crippen molar-refractivity contribution in [3.05, 3.63) is 60.9 Å². The van der Waals surface area contributed by atoms with Gasteiger partial charge in [-0.1, -0.05) is 25.1 Å². The van der Waals surface area contributed by atoms with Gasteiger partial charge in [-0.15, -0.1) is 0 Å². The number of hydrogen-bond acceptors (Lipinski definition) is 7. The van der Waals surface area contributed by atoms with Gasteiger partial charge in [-0.3, -0.25) is 9.89 Å². The first-order chi connectivity index (χ1) is 16.7. The number of amides is 1. The third-order valence-electron chi connectivity index (χ3n) is 5.76. The van der Waals surface area contributed by atoms with E-state index in [-0.39, 0.29) is 11.9 Å². The minimum Gasteiger partial charge on any atom is -0.457 e. The fourth-order valence-corrected chi connectivity index (χ4v) is 4.06. The number of likely N-dealkylation sites (tertiary alicyclic amines) is 1. The first-order valence-electron chi connectivity index (χ1n) is 11.4. The number of carbonyl (C=O) groups is 1. The molecule has 1 amide bonds. The Morgan fingerprint density at radius 1 is 1.06 bits per heavy atom. The summed E-state index contributed by atoms with van der Waals surface area (Å²) in [7, 11) is 0. The molecule has 0 bridgehead atoms. The lowest BCUT2D eigenvalue weighted by atomic mass is 10.1. The van der Waals surface area contributed by atoms with E-state index in [2.05, 4.69) is 25.5 Å². The van der Waals surface area contributed by atoms with Gasteiger partial charge in [0.25, 0.3) is 0 Å². The first-order valence-corrected chi connectivity index (χ1v) is 11.4. The Balaban J connectivity index is 1.32. The molecule has 5 rings (SSSR count). The van der Waals surface area contributed by atoms with Gasteiger partial charge in [-0.05, 0) is 49.2 Å². The second-order valence-electron chi connectivity index (χ2n) is 8.14. The highest BCUT2D eigenvalue weighted by molar-refractivity contribution is 5.91. The lowest BCUT2D eigenvalue weighted by Gasteiger charge is -2.33. The van der Waals surface area contributed by atoms with Gasteiger partial charge in [0.15, 0.2) is 11.5 Å². The molecule has 1 saturated heterocycles. The maximum absolute atomic E-state index is 12.1. The van der Waals surface area contributed by atoms with Crippen LogP contribution >= 0.6 is 0 Å². The highest BCUT2D eigenvalue weighted by Gasteiger charge is 2.25. The van der Waals surface area contributed by atoms with E-state index in [9.17, 15) is 4.79 Å². The fraction of sp³-hybridized carbons (Fsp3) is 0.280. The molecule has 0 spiro atoms. The third kappa shape index (κ3) is 4.78. The van der Waals surface area contributed by atoms with Gasteiger partial charge in [0.05, 0.1) is 0 Å². The first kappa shape index (κ1) is 21.7. The van der Waals surface area contributed by atoms with E-state index in [1.807, 2.05) is 66.4 Å². The number of aromatic amines is 1. The molecule has 2 N–H and O–H groups in total. The number of hydrogen-bond donors (Lipinski definition) is 2. The highest BCUT2D eigenvalue weighted by Crippen LogP contribution is 2.33.